The van der Waals surface area contributed by atoms with Crippen LogP contribution in [0.5, 0.6) is 0 Å². The molecule has 0 bridgehead atoms. The number of hydrogen-bond acceptors (Lipinski definition) is 3. The third-order valence-electron chi connectivity index (χ3n) is 3.31. The van der Waals surface area contributed by atoms with Crippen molar-refractivity contribution in [2.75, 3.05) is 6.54 Å². The highest BCUT2D eigenvalue weighted by Crippen LogP contribution is 2.21. The predicted octanol–water partition coefficient (Wildman–Crippen LogP) is 4.72. The Balaban J connectivity index is 2.04. The number of hydrogen-bond donors (Lipinski definition) is 1. The molecule has 0 aliphatic carbocycles. The van der Waals surface area contributed by atoms with E-state index in [9.17, 15) is 0 Å². The van der Waals surface area contributed by atoms with Crippen molar-refractivity contribution in [3.05, 3.63) is 16.6 Å². The van der Waals surface area contributed by atoms with E-state index in [0.29, 0.717) is 0 Å². The predicted molar refractivity (Wildman–Crippen MR) is 81.1 cm³/mol. The second-order valence-corrected chi connectivity index (χ2v) is 6.40. The maximum atomic E-state index is 4.39. The molecule has 0 aliphatic heterocycles. The second-order valence-electron chi connectivity index (χ2n) is 5.51. The van der Waals surface area contributed by atoms with E-state index < -0.39 is 0 Å². The first-order chi connectivity index (χ1) is 8.67. The Morgan fingerprint density at radius 3 is 2.39 bits per heavy atom. The summed E-state index contributed by atoms with van der Waals surface area (Å²) in [7, 11) is 0. The average molecular weight is 268 g/mol. The van der Waals surface area contributed by atoms with Crippen molar-refractivity contribution >= 4 is 11.3 Å². The van der Waals surface area contributed by atoms with Crippen LogP contribution in [0.25, 0.3) is 0 Å². The van der Waals surface area contributed by atoms with Crippen LogP contribution in [-0.4, -0.2) is 11.5 Å². The molecule has 1 aromatic heterocycles. The van der Waals surface area contributed by atoms with Gasteiger partial charge in [0.2, 0.25) is 0 Å². The van der Waals surface area contributed by atoms with Crippen LogP contribution in [-0.2, 0) is 5.54 Å². The van der Waals surface area contributed by atoms with Gasteiger partial charge < -0.3 is 5.32 Å². The number of nitrogens with one attached hydrogen (secondary N) is 1. The van der Waals surface area contributed by atoms with Crippen molar-refractivity contribution in [3.8, 4) is 0 Å². The van der Waals surface area contributed by atoms with Crippen molar-refractivity contribution < 1.29 is 0 Å². The number of rotatable bonds is 10. The highest BCUT2D eigenvalue weighted by atomic mass is 32.1. The molecule has 0 spiro atoms. The standard InChI is InChI=1S/C15H28N2S/c1-4-5-6-7-8-9-10-11-17-15(2,3)14-16-12-13-18-14/h12-13,17H,4-11H2,1-3H3. The van der Waals surface area contributed by atoms with Crippen molar-refractivity contribution in [2.24, 2.45) is 0 Å². The van der Waals surface area contributed by atoms with Crippen molar-refractivity contribution in [2.45, 2.75) is 71.3 Å². The molecule has 0 radical (unpaired) electrons. The van der Waals surface area contributed by atoms with Crippen LogP contribution in [0.1, 0.15) is 70.7 Å². The van der Waals surface area contributed by atoms with Crippen LogP contribution in [0, 0.1) is 0 Å². The summed E-state index contributed by atoms with van der Waals surface area (Å²) in [5.41, 5.74) is 0.0242. The van der Waals surface area contributed by atoms with Gasteiger partial charge in [-0.25, -0.2) is 4.98 Å². The second kappa shape index (κ2) is 8.65. The van der Waals surface area contributed by atoms with Gasteiger partial charge in [0.25, 0.3) is 0 Å². The quantitative estimate of drug-likeness (QED) is 0.621. The normalized spacial score (nSPS) is 11.9. The summed E-state index contributed by atoms with van der Waals surface area (Å²) in [5, 5.41) is 6.85. The summed E-state index contributed by atoms with van der Waals surface area (Å²) in [4.78, 5) is 4.39. The molecule has 18 heavy (non-hydrogen) atoms. The summed E-state index contributed by atoms with van der Waals surface area (Å²) in [6.07, 6.45) is 11.5. The fourth-order valence-corrected chi connectivity index (χ4v) is 2.83. The molecule has 0 aliphatic rings. The molecule has 104 valence electrons. The van der Waals surface area contributed by atoms with Gasteiger partial charge in [0.1, 0.15) is 5.01 Å². The minimum absolute atomic E-state index is 0.0242. The maximum Gasteiger partial charge on any atom is 0.112 e. The number of nitrogens with zero attached hydrogens (tertiary/aromatic N) is 1. The SMILES string of the molecule is CCCCCCCCCNC(C)(C)c1nccs1. The van der Waals surface area contributed by atoms with Crippen molar-refractivity contribution in [3.63, 3.8) is 0 Å². The largest absolute Gasteiger partial charge is 0.306 e. The van der Waals surface area contributed by atoms with E-state index in [4.69, 9.17) is 0 Å². The topological polar surface area (TPSA) is 24.9 Å². The molecule has 0 saturated carbocycles. The fourth-order valence-electron chi connectivity index (χ4n) is 2.09. The Labute approximate surface area is 116 Å². The molecule has 1 heterocycles. The maximum absolute atomic E-state index is 4.39. The molecule has 2 nitrogen and oxygen atoms in total. The van der Waals surface area contributed by atoms with E-state index in [0.717, 1.165) is 6.54 Å². The molecule has 3 heteroatoms. The van der Waals surface area contributed by atoms with Gasteiger partial charge in [0.05, 0.1) is 5.54 Å². The lowest BCUT2D eigenvalue weighted by atomic mass is 10.1. The third kappa shape index (κ3) is 5.96. The fraction of sp³-hybridized carbons (Fsp3) is 0.800. The molecular weight excluding hydrogens is 240 g/mol. The van der Waals surface area contributed by atoms with Gasteiger partial charge in [0.15, 0.2) is 0 Å². The van der Waals surface area contributed by atoms with E-state index in [2.05, 4.69) is 31.1 Å². The van der Waals surface area contributed by atoms with E-state index in [-0.39, 0.29) is 5.54 Å². The number of unbranched alkanes of at least 4 members (excludes halogenated alkanes) is 6. The zero-order valence-corrected chi connectivity index (χ0v) is 13.0. The average Bonchev–Trinajstić information content (AvgIpc) is 2.87. The van der Waals surface area contributed by atoms with Crippen molar-refractivity contribution in [1.29, 1.82) is 0 Å². The number of thiazole rings is 1. The Morgan fingerprint density at radius 2 is 1.78 bits per heavy atom. The summed E-state index contributed by atoms with van der Waals surface area (Å²) in [6, 6.07) is 0. The zero-order valence-electron chi connectivity index (χ0n) is 12.2. The summed E-state index contributed by atoms with van der Waals surface area (Å²) >= 11 is 1.73. The summed E-state index contributed by atoms with van der Waals surface area (Å²) in [5.74, 6) is 0. The molecule has 1 aromatic rings. The lowest BCUT2D eigenvalue weighted by molar-refractivity contribution is 0.393. The molecule has 0 aromatic carbocycles. The third-order valence-corrected chi connectivity index (χ3v) is 4.41. The van der Waals surface area contributed by atoms with Crippen LogP contribution in [0.2, 0.25) is 0 Å². The number of aromatic nitrogens is 1. The van der Waals surface area contributed by atoms with Crippen LogP contribution in [0.3, 0.4) is 0 Å². The van der Waals surface area contributed by atoms with E-state index in [1.54, 1.807) is 11.3 Å². The minimum atomic E-state index is 0.0242. The van der Waals surface area contributed by atoms with Crippen LogP contribution >= 0.6 is 11.3 Å². The van der Waals surface area contributed by atoms with Gasteiger partial charge in [0, 0.05) is 11.6 Å². The molecule has 0 unspecified atom stereocenters. The monoisotopic (exact) mass is 268 g/mol. The first kappa shape index (κ1) is 15.6. The van der Waals surface area contributed by atoms with Gasteiger partial charge in [-0.15, -0.1) is 11.3 Å². The van der Waals surface area contributed by atoms with Crippen LogP contribution in [0.15, 0.2) is 11.6 Å². The van der Waals surface area contributed by atoms with Gasteiger partial charge in [-0.3, -0.25) is 0 Å². The molecule has 0 amide bonds. The lowest BCUT2D eigenvalue weighted by Crippen LogP contribution is -2.37. The Hall–Kier alpha value is -0.410. The molecule has 0 atom stereocenters. The molecule has 0 saturated heterocycles. The van der Waals surface area contributed by atoms with Gasteiger partial charge in [-0.2, -0.15) is 0 Å². The summed E-state index contributed by atoms with van der Waals surface area (Å²) in [6.45, 7) is 7.80. The van der Waals surface area contributed by atoms with Gasteiger partial charge >= 0.3 is 0 Å². The lowest BCUT2D eigenvalue weighted by Gasteiger charge is -2.23. The van der Waals surface area contributed by atoms with Crippen molar-refractivity contribution in [1.82, 2.24) is 10.3 Å². The molecule has 1 rings (SSSR count). The smallest absolute Gasteiger partial charge is 0.112 e. The van der Waals surface area contributed by atoms with E-state index in [1.807, 2.05) is 11.6 Å². The first-order valence-corrected chi connectivity index (χ1v) is 8.20. The minimum Gasteiger partial charge on any atom is -0.306 e. The Bertz CT molecular complexity index is 293. The zero-order chi connectivity index (χ0) is 13.3. The molecular formula is C15H28N2S. The highest BCUT2D eigenvalue weighted by Gasteiger charge is 2.21. The molecule has 0 fully saturated rings. The Morgan fingerprint density at radius 1 is 1.11 bits per heavy atom. The van der Waals surface area contributed by atoms with E-state index >= 15 is 0 Å². The molecule has 1 N–H and O–H groups in total. The van der Waals surface area contributed by atoms with E-state index in [1.165, 1.54) is 50.0 Å². The van der Waals surface area contributed by atoms with Crippen LogP contribution in [0.4, 0.5) is 0 Å². The van der Waals surface area contributed by atoms with Crippen LogP contribution < -0.4 is 5.32 Å². The summed E-state index contributed by atoms with van der Waals surface area (Å²) < 4.78 is 0. The van der Waals surface area contributed by atoms with Gasteiger partial charge in [-0.05, 0) is 26.8 Å². The highest BCUT2D eigenvalue weighted by molar-refractivity contribution is 7.09. The first-order valence-electron chi connectivity index (χ1n) is 7.32. The van der Waals surface area contributed by atoms with Gasteiger partial charge in [-0.1, -0.05) is 45.4 Å². The Kier molecular flexibility index (Phi) is 7.52.